The first-order valence-electron chi connectivity index (χ1n) is 6.04. The number of carbonyl (C=O) groups excluding carboxylic acids is 1. The summed E-state index contributed by atoms with van der Waals surface area (Å²) in [4.78, 5) is 11.9. The van der Waals surface area contributed by atoms with Gasteiger partial charge in [-0.2, -0.15) is 0 Å². The molecular formula is C12H15ClN2O4S. The summed E-state index contributed by atoms with van der Waals surface area (Å²) in [5, 5.41) is 7.84. The summed E-state index contributed by atoms with van der Waals surface area (Å²) in [5.74, 6) is -0.282. The van der Waals surface area contributed by atoms with Crippen molar-refractivity contribution in [2.45, 2.75) is 30.8 Å². The number of nitrogens with one attached hydrogen (secondary N) is 1. The Morgan fingerprint density at radius 2 is 2.20 bits per heavy atom. The lowest BCUT2D eigenvalue weighted by Crippen LogP contribution is -2.27. The van der Waals surface area contributed by atoms with Crippen molar-refractivity contribution in [1.82, 2.24) is 0 Å². The Kier molecular flexibility index (Phi) is 4.33. The number of anilines is 1. The zero-order valence-corrected chi connectivity index (χ0v) is 12.4. The van der Waals surface area contributed by atoms with Crippen LogP contribution in [0.2, 0.25) is 5.02 Å². The fourth-order valence-electron chi connectivity index (χ4n) is 2.02. The van der Waals surface area contributed by atoms with E-state index >= 15 is 0 Å². The van der Waals surface area contributed by atoms with Crippen molar-refractivity contribution < 1.29 is 17.9 Å². The molecule has 0 aliphatic carbocycles. The van der Waals surface area contributed by atoms with E-state index in [0.29, 0.717) is 24.3 Å². The largest absolute Gasteiger partial charge is 0.368 e. The van der Waals surface area contributed by atoms with Gasteiger partial charge in [0.25, 0.3) is 5.91 Å². The highest BCUT2D eigenvalue weighted by Crippen LogP contribution is 2.29. The first kappa shape index (κ1) is 15.2. The van der Waals surface area contributed by atoms with Gasteiger partial charge in [0, 0.05) is 6.61 Å². The number of halogens is 1. The van der Waals surface area contributed by atoms with Crippen molar-refractivity contribution in [2.75, 3.05) is 11.9 Å². The number of ether oxygens (including phenoxy) is 1. The van der Waals surface area contributed by atoms with Crippen LogP contribution in [-0.4, -0.2) is 27.0 Å². The van der Waals surface area contributed by atoms with E-state index in [1.54, 1.807) is 6.92 Å². The molecule has 1 amide bonds. The number of benzene rings is 1. The van der Waals surface area contributed by atoms with E-state index in [1.807, 2.05) is 0 Å². The third-order valence-corrected chi connectivity index (χ3v) is 4.25. The van der Waals surface area contributed by atoms with Crippen LogP contribution in [0.3, 0.4) is 0 Å². The molecule has 8 heteroatoms. The van der Waals surface area contributed by atoms with Crippen molar-refractivity contribution in [3.8, 4) is 0 Å². The van der Waals surface area contributed by atoms with Crippen LogP contribution >= 0.6 is 11.6 Å². The van der Waals surface area contributed by atoms with E-state index in [2.05, 4.69) is 5.32 Å². The third-order valence-electron chi connectivity index (χ3n) is 3.06. The fraction of sp³-hybridized carbons (Fsp3) is 0.417. The Hall–Kier alpha value is -1.15. The predicted octanol–water partition coefficient (Wildman–Crippen LogP) is 1.41. The molecule has 1 saturated heterocycles. The molecule has 1 unspecified atom stereocenters. The number of amides is 1. The number of carbonyl (C=O) groups is 1. The molecule has 2 rings (SSSR count). The van der Waals surface area contributed by atoms with Gasteiger partial charge in [-0.1, -0.05) is 11.6 Å². The van der Waals surface area contributed by atoms with E-state index in [-0.39, 0.29) is 15.8 Å². The Morgan fingerprint density at radius 3 is 2.70 bits per heavy atom. The van der Waals surface area contributed by atoms with E-state index in [0.717, 1.165) is 6.42 Å². The van der Waals surface area contributed by atoms with E-state index < -0.39 is 16.1 Å². The minimum Gasteiger partial charge on any atom is -0.368 e. The minimum atomic E-state index is -3.83. The zero-order valence-electron chi connectivity index (χ0n) is 10.8. The maximum atomic E-state index is 12.0. The Labute approximate surface area is 122 Å². The Bertz CT molecular complexity index is 616. The van der Waals surface area contributed by atoms with Crippen LogP contribution < -0.4 is 10.5 Å². The topological polar surface area (TPSA) is 98.5 Å². The predicted molar refractivity (Wildman–Crippen MR) is 75.2 cm³/mol. The van der Waals surface area contributed by atoms with E-state index in [1.165, 1.54) is 12.1 Å². The molecule has 0 saturated carbocycles. The summed E-state index contributed by atoms with van der Waals surface area (Å²) >= 11 is 6.02. The van der Waals surface area contributed by atoms with Crippen LogP contribution in [-0.2, 0) is 19.6 Å². The molecule has 0 bridgehead atoms. The molecule has 0 radical (unpaired) electrons. The first-order chi connectivity index (χ1) is 9.29. The maximum Gasteiger partial charge on any atom is 0.253 e. The van der Waals surface area contributed by atoms with Crippen LogP contribution in [0.25, 0.3) is 0 Å². The average molecular weight is 319 g/mol. The second-order valence-corrected chi connectivity index (χ2v) is 6.60. The number of nitrogens with two attached hydrogens (primary N) is 1. The SMILES string of the molecule is Cc1cc(S(N)(=O)=O)cc(Cl)c1NC(=O)C1CCCO1. The van der Waals surface area contributed by atoms with Gasteiger partial charge in [0.05, 0.1) is 15.6 Å². The zero-order chi connectivity index (χ0) is 14.9. The lowest BCUT2D eigenvalue weighted by Gasteiger charge is -2.14. The molecule has 1 atom stereocenters. The van der Waals surface area contributed by atoms with Crippen molar-refractivity contribution in [2.24, 2.45) is 5.14 Å². The molecular weight excluding hydrogens is 304 g/mol. The second-order valence-electron chi connectivity index (χ2n) is 4.63. The Morgan fingerprint density at radius 1 is 1.50 bits per heavy atom. The van der Waals surface area contributed by atoms with Crippen molar-refractivity contribution in [3.05, 3.63) is 22.7 Å². The summed E-state index contributed by atoms with van der Waals surface area (Å²) in [6.07, 6.45) is 1.02. The third kappa shape index (κ3) is 3.29. The maximum absolute atomic E-state index is 12.0. The molecule has 0 spiro atoms. The molecule has 0 aromatic heterocycles. The smallest absolute Gasteiger partial charge is 0.253 e. The number of aryl methyl sites for hydroxylation is 1. The highest BCUT2D eigenvalue weighted by molar-refractivity contribution is 7.89. The van der Waals surface area contributed by atoms with Gasteiger partial charge in [-0.05, 0) is 37.5 Å². The quantitative estimate of drug-likeness (QED) is 0.880. The number of sulfonamides is 1. The molecule has 1 fully saturated rings. The first-order valence-corrected chi connectivity index (χ1v) is 7.97. The number of hydrogen-bond donors (Lipinski definition) is 2. The molecule has 1 heterocycles. The number of primary sulfonamides is 1. The minimum absolute atomic E-state index is 0.0879. The van der Waals surface area contributed by atoms with Crippen LogP contribution in [0.4, 0.5) is 5.69 Å². The van der Waals surface area contributed by atoms with Gasteiger partial charge in [0.1, 0.15) is 6.10 Å². The van der Waals surface area contributed by atoms with Gasteiger partial charge in [-0.25, -0.2) is 13.6 Å². The van der Waals surface area contributed by atoms with Crippen LogP contribution in [0.5, 0.6) is 0 Å². The summed E-state index contributed by atoms with van der Waals surface area (Å²) < 4.78 is 27.9. The molecule has 110 valence electrons. The van der Waals surface area contributed by atoms with Crippen molar-refractivity contribution in [3.63, 3.8) is 0 Å². The molecule has 1 aliphatic rings. The molecule has 1 aromatic rings. The van der Waals surface area contributed by atoms with Crippen LogP contribution in [0.15, 0.2) is 17.0 Å². The lowest BCUT2D eigenvalue weighted by molar-refractivity contribution is -0.124. The highest BCUT2D eigenvalue weighted by Gasteiger charge is 2.25. The van der Waals surface area contributed by atoms with Crippen molar-refractivity contribution in [1.29, 1.82) is 0 Å². The number of hydrogen-bond acceptors (Lipinski definition) is 4. The molecule has 1 aromatic carbocycles. The van der Waals surface area contributed by atoms with Crippen LogP contribution in [0, 0.1) is 6.92 Å². The highest BCUT2D eigenvalue weighted by atomic mass is 35.5. The Balaban J connectivity index is 2.26. The van der Waals surface area contributed by atoms with Gasteiger partial charge in [-0.15, -0.1) is 0 Å². The van der Waals surface area contributed by atoms with Gasteiger partial charge < -0.3 is 10.1 Å². The average Bonchev–Trinajstić information content (AvgIpc) is 2.85. The monoisotopic (exact) mass is 318 g/mol. The summed E-state index contributed by atoms with van der Waals surface area (Å²) in [6, 6.07) is 2.58. The lowest BCUT2D eigenvalue weighted by atomic mass is 10.1. The molecule has 20 heavy (non-hydrogen) atoms. The number of rotatable bonds is 3. The van der Waals surface area contributed by atoms with Gasteiger partial charge in [0.15, 0.2) is 0 Å². The molecule has 6 nitrogen and oxygen atoms in total. The normalized spacial score (nSPS) is 19.1. The summed E-state index contributed by atoms with van der Waals surface area (Å²) in [5.41, 5.74) is 0.896. The molecule has 1 aliphatic heterocycles. The summed E-state index contributed by atoms with van der Waals surface area (Å²) in [6.45, 7) is 2.21. The molecule has 3 N–H and O–H groups in total. The standard InChI is InChI=1S/C12H15ClN2O4S/c1-7-5-8(20(14,17)18)6-9(13)11(7)15-12(16)10-3-2-4-19-10/h5-6,10H,2-4H2,1H3,(H,15,16)(H2,14,17,18). The van der Waals surface area contributed by atoms with Gasteiger partial charge in [-0.3, -0.25) is 4.79 Å². The van der Waals surface area contributed by atoms with Crippen molar-refractivity contribution >= 4 is 33.2 Å². The summed E-state index contributed by atoms with van der Waals surface area (Å²) in [7, 11) is -3.83. The van der Waals surface area contributed by atoms with E-state index in [4.69, 9.17) is 21.5 Å². The van der Waals surface area contributed by atoms with Gasteiger partial charge >= 0.3 is 0 Å². The van der Waals surface area contributed by atoms with Gasteiger partial charge in [0.2, 0.25) is 10.0 Å². The second kappa shape index (κ2) is 5.69. The van der Waals surface area contributed by atoms with Crippen LogP contribution in [0.1, 0.15) is 18.4 Å². The van der Waals surface area contributed by atoms with E-state index in [9.17, 15) is 13.2 Å². The fourth-order valence-corrected chi connectivity index (χ4v) is 3.03.